The maximum Gasteiger partial charge on any atom is 0.404 e. The molecule has 2 aromatic rings. The summed E-state index contributed by atoms with van der Waals surface area (Å²) in [5, 5.41) is 5.16. The van der Waals surface area contributed by atoms with E-state index in [1.54, 1.807) is 36.4 Å². The Bertz CT molecular complexity index is 1110. The molecule has 1 heterocycles. The highest BCUT2D eigenvalue weighted by atomic mass is 32.2. The van der Waals surface area contributed by atoms with E-state index < -0.39 is 33.8 Å². The minimum atomic E-state index is -4.82. The van der Waals surface area contributed by atoms with E-state index in [0.717, 1.165) is 0 Å². The first kappa shape index (κ1) is 21.5. The van der Waals surface area contributed by atoms with E-state index in [1.807, 2.05) is 4.72 Å². The van der Waals surface area contributed by atoms with Gasteiger partial charge in [-0.3, -0.25) is 14.9 Å². The molecule has 1 aliphatic rings. The highest BCUT2D eigenvalue weighted by molar-refractivity contribution is 7.89. The van der Waals surface area contributed by atoms with Gasteiger partial charge in [0.25, 0.3) is 11.8 Å². The van der Waals surface area contributed by atoms with E-state index in [0.29, 0.717) is 22.4 Å². The van der Waals surface area contributed by atoms with Crippen LogP contribution in [0.4, 0.5) is 18.9 Å². The van der Waals surface area contributed by atoms with Crippen molar-refractivity contribution in [1.82, 2.24) is 10.0 Å². The fraction of sp³-hybridized carbons (Fsp3) is 0.158. The molecule has 0 bridgehead atoms. The van der Waals surface area contributed by atoms with Gasteiger partial charge in [-0.05, 0) is 23.8 Å². The lowest BCUT2D eigenvalue weighted by atomic mass is 9.96. The van der Waals surface area contributed by atoms with Gasteiger partial charge in [-0.2, -0.15) is 13.2 Å². The van der Waals surface area contributed by atoms with Gasteiger partial charge in [-0.25, -0.2) is 13.1 Å². The van der Waals surface area contributed by atoms with Gasteiger partial charge in [0, 0.05) is 29.6 Å². The molecule has 1 aliphatic heterocycles. The molecule has 0 aliphatic carbocycles. The Labute approximate surface area is 170 Å². The quantitative estimate of drug-likeness (QED) is 0.474. The molecule has 0 spiro atoms. The maximum absolute atomic E-state index is 12.2. The SMILES string of the molecule is O=C1NC(=O)c2ccccc2/C1=C/Nc1ccc(CNS(=O)(=O)CC(F)(F)F)cc1. The lowest BCUT2D eigenvalue weighted by Crippen LogP contribution is -2.36. The number of halogens is 3. The molecule has 0 aromatic heterocycles. The number of hydrogen-bond donors (Lipinski definition) is 3. The van der Waals surface area contributed by atoms with Crippen LogP contribution < -0.4 is 15.4 Å². The molecule has 0 saturated heterocycles. The fourth-order valence-corrected chi connectivity index (χ4v) is 3.67. The topological polar surface area (TPSA) is 104 Å². The van der Waals surface area contributed by atoms with Crippen LogP contribution in [-0.4, -0.2) is 32.2 Å². The summed E-state index contributed by atoms with van der Waals surface area (Å²) in [6.07, 6.45) is -3.39. The van der Waals surface area contributed by atoms with Gasteiger partial charge in [-0.15, -0.1) is 0 Å². The number of benzene rings is 2. The number of carbonyl (C=O) groups excluding carboxylic acids is 2. The zero-order valence-electron chi connectivity index (χ0n) is 15.3. The van der Waals surface area contributed by atoms with E-state index in [4.69, 9.17) is 0 Å². The van der Waals surface area contributed by atoms with Crippen LogP contribution in [-0.2, 0) is 21.4 Å². The predicted octanol–water partition coefficient (Wildman–Crippen LogP) is 2.39. The number of hydrogen-bond acceptors (Lipinski definition) is 5. The Morgan fingerprint density at radius 3 is 2.20 bits per heavy atom. The molecule has 0 saturated carbocycles. The van der Waals surface area contributed by atoms with Crippen LogP contribution in [0.15, 0.2) is 54.7 Å². The third kappa shape index (κ3) is 5.45. The standard InChI is InChI=1S/C19H16F3N3O4S/c20-19(21,22)11-30(28,29)24-9-12-5-7-13(8-6-12)23-10-16-14-3-1-2-4-15(14)17(26)25-18(16)27/h1-8,10,23-24H,9,11H2,(H,25,26,27)/b16-10-. The van der Waals surface area contributed by atoms with Crippen molar-refractivity contribution in [2.24, 2.45) is 0 Å². The van der Waals surface area contributed by atoms with Gasteiger partial charge in [0.1, 0.15) is 0 Å². The van der Waals surface area contributed by atoms with Crippen LogP contribution in [0, 0.1) is 0 Å². The first-order chi connectivity index (χ1) is 14.0. The molecule has 0 unspecified atom stereocenters. The van der Waals surface area contributed by atoms with Crippen molar-refractivity contribution in [2.75, 3.05) is 11.1 Å². The second kappa shape index (κ2) is 8.28. The molecule has 2 amide bonds. The molecular formula is C19H16F3N3O4S. The Morgan fingerprint density at radius 2 is 1.57 bits per heavy atom. The van der Waals surface area contributed by atoms with Crippen LogP contribution in [0.5, 0.6) is 0 Å². The third-order valence-electron chi connectivity index (χ3n) is 4.12. The number of nitrogens with one attached hydrogen (secondary N) is 3. The molecule has 7 nitrogen and oxygen atoms in total. The summed E-state index contributed by atoms with van der Waals surface area (Å²) in [5.41, 5.74) is 2.10. The highest BCUT2D eigenvalue weighted by Crippen LogP contribution is 2.24. The summed E-state index contributed by atoms with van der Waals surface area (Å²) in [4.78, 5) is 24.0. The Hall–Kier alpha value is -3.18. The van der Waals surface area contributed by atoms with E-state index >= 15 is 0 Å². The van der Waals surface area contributed by atoms with Crippen molar-refractivity contribution in [3.05, 3.63) is 71.4 Å². The smallest absolute Gasteiger partial charge is 0.361 e. The molecule has 0 atom stereocenters. The zero-order valence-corrected chi connectivity index (χ0v) is 16.1. The summed E-state index contributed by atoms with van der Waals surface area (Å²) in [6, 6.07) is 12.8. The molecule has 0 radical (unpaired) electrons. The largest absolute Gasteiger partial charge is 0.404 e. The second-order valence-corrected chi connectivity index (χ2v) is 8.23. The monoisotopic (exact) mass is 439 g/mol. The molecule has 3 rings (SSSR count). The van der Waals surface area contributed by atoms with Crippen molar-refractivity contribution in [3.63, 3.8) is 0 Å². The first-order valence-electron chi connectivity index (χ1n) is 8.59. The zero-order chi connectivity index (χ0) is 21.9. The van der Waals surface area contributed by atoms with Crippen molar-refractivity contribution in [3.8, 4) is 0 Å². The van der Waals surface area contributed by atoms with Gasteiger partial charge in [0.2, 0.25) is 10.0 Å². The number of anilines is 1. The number of sulfonamides is 1. The molecule has 158 valence electrons. The van der Waals surface area contributed by atoms with E-state index in [9.17, 15) is 31.2 Å². The van der Waals surface area contributed by atoms with Crippen LogP contribution in [0.2, 0.25) is 0 Å². The van der Waals surface area contributed by atoms with Gasteiger partial charge in [0.15, 0.2) is 5.75 Å². The fourth-order valence-electron chi connectivity index (χ4n) is 2.75. The van der Waals surface area contributed by atoms with Crippen molar-refractivity contribution >= 4 is 33.1 Å². The minimum absolute atomic E-state index is 0.259. The van der Waals surface area contributed by atoms with E-state index in [-0.39, 0.29) is 12.1 Å². The van der Waals surface area contributed by atoms with Crippen LogP contribution in [0.3, 0.4) is 0 Å². The maximum atomic E-state index is 12.2. The Balaban J connectivity index is 1.67. The normalized spacial score (nSPS) is 15.6. The average molecular weight is 439 g/mol. The summed E-state index contributed by atoms with van der Waals surface area (Å²) >= 11 is 0. The van der Waals surface area contributed by atoms with Crippen molar-refractivity contribution in [2.45, 2.75) is 12.7 Å². The summed E-state index contributed by atoms with van der Waals surface area (Å²) in [5.74, 6) is -2.98. The molecule has 0 fully saturated rings. The summed E-state index contributed by atoms with van der Waals surface area (Å²) in [7, 11) is -4.48. The number of imide groups is 1. The molecule has 3 N–H and O–H groups in total. The lowest BCUT2D eigenvalue weighted by molar-refractivity contribution is -0.115. The van der Waals surface area contributed by atoms with Gasteiger partial charge >= 0.3 is 6.18 Å². The van der Waals surface area contributed by atoms with E-state index in [2.05, 4.69) is 10.6 Å². The van der Waals surface area contributed by atoms with E-state index in [1.165, 1.54) is 18.3 Å². The Morgan fingerprint density at radius 1 is 0.933 bits per heavy atom. The highest BCUT2D eigenvalue weighted by Gasteiger charge is 2.34. The molecule has 30 heavy (non-hydrogen) atoms. The minimum Gasteiger partial charge on any atom is -0.361 e. The number of carbonyl (C=O) groups is 2. The van der Waals surface area contributed by atoms with Gasteiger partial charge in [0.05, 0.1) is 5.57 Å². The van der Waals surface area contributed by atoms with Crippen molar-refractivity contribution < 1.29 is 31.2 Å². The predicted molar refractivity (Wildman–Crippen MR) is 104 cm³/mol. The van der Waals surface area contributed by atoms with Crippen LogP contribution >= 0.6 is 0 Å². The third-order valence-corrected chi connectivity index (χ3v) is 5.41. The molecule has 11 heteroatoms. The van der Waals surface area contributed by atoms with Gasteiger partial charge < -0.3 is 5.32 Å². The molecular weight excluding hydrogens is 423 g/mol. The van der Waals surface area contributed by atoms with Crippen LogP contribution in [0.25, 0.3) is 5.57 Å². The Kier molecular flexibility index (Phi) is 5.94. The molecule has 2 aromatic carbocycles. The second-order valence-electron chi connectivity index (χ2n) is 6.42. The number of alkyl halides is 3. The average Bonchev–Trinajstić information content (AvgIpc) is 2.65. The van der Waals surface area contributed by atoms with Crippen LogP contribution in [0.1, 0.15) is 21.5 Å². The van der Waals surface area contributed by atoms with Crippen molar-refractivity contribution in [1.29, 1.82) is 0 Å². The first-order valence-corrected chi connectivity index (χ1v) is 10.2. The number of fused-ring (bicyclic) bond motifs is 1. The summed E-state index contributed by atoms with van der Waals surface area (Å²) in [6.45, 7) is -0.294. The lowest BCUT2D eigenvalue weighted by Gasteiger charge is -2.18. The van der Waals surface area contributed by atoms with Gasteiger partial charge in [-0.1, -0.05) is 30.3 Å². The number of amides is 2. The summed E-state index contributed by atoms with van der Waals surface area (Å²) < 4.78 is 61.4. The number of rotatable bonds is 6.